The van der Waals surface area contributed by atoms with Crippen LogP contribution in [0.1, 0.15) is 32.8 Å². The molecule has 0 heterocycles. The summed E-state index contributed by atoms with van der Waals surface area (Å²) in [5.74, 6) is -1.27. The molecule has 1 N–H and O–H groups in total. The molecule has 3 aromatic rings. The highest BCUT2D eigenvalue weighted by Crippen LogP contribution is 2.33. The predicted molar refractivity (Wildman–Crippen MR) is 156 cm³/mol. The third-order valence-electron chi connectivity index (χ3n) is 6.13. The first-order valence-electron chi connectivity index (χ1n) is 12.8. The zero-order valence-corrected chi connectivity index (χ0v) is 24.8. The molecule has 40 heavy (non-hydrogen) atoms. The third-order valence-corrected chi connectivity index (χ3v) is 8.44. The molecular formula is C29H32Cl2FN3O4S. The molecule has 0 saturated carbocycles. The minimum atomic E-state index is -4.26. The average molecular weight is 609 g/mol. The molecule has 3 rings (SSSR count). The Morgan fingerprint density at radius 3 is 2.20 bits per heavy atom. The van der Waals surface area contributed by atoms with Gasteiger partial charge in [0.05, 0.1) is 15.6 Å². The van der Waals surface area contributed by atoms with E-state index in [2.05, 4.69) is 5.32 Å². The Bertz CT molecular complexity index is 1420. The van der Waals surface area contributed by atoms with E-state index in [0.717, 1.165) is 4.31 Å². The highest BCUT2D eigenvalue weighted by Gasteiger charge is 2.34. The molecule has 0 saturated heterocycles. The number of nitrogens with zero attached hydrogens (tertiary/aromatic N) is 2. The Kier molecular flexibility index (Phi) is 11.0. The smallest absolute Gasteiger partial charge is 0.264 e. The highest BCUT2D eigenvalue weighted by molar-refractivity contribution is 7.92. The van der Waals surface area contributed by atoms with Gasteiger partial charge in [-0.15, -0.1) is 0 Å². The minimum Gasteiger partial charge on any atom is -0.354 e. The predicted octanol–water partition coefficient (Wildman–Crippen LogP) is 5.91. The van der Waals surface area contributed by atoms with Crippen LogP contribution in [0.25, 0.3) is 0 Å². The van der Waals surface area contributed by atoms with E-state index in [9.17, 15) is 22.4 Å². The van der Waals surface area contributed by atoms with Crippen LogP contribution >= 0.6 is 23.2 Å². The summed E-state index contributed by atoms with van der Waals surface area (Å²) in [6.07, 6.45) is 0.268. The lowest BCUT2D eigenvalue weighted by Gasteiger charge is -2.33. The number of carbonyl (C=O) groups excluding carboxylic acids is 2. The van der Waals surface area contributed by atoms with Crippen molar-refractivity contribution in [2.75, 3.05) is 17.4 Å². The number of sulfonamides is 1. The van der Waals surface area contributed by atoms with Gasteiger partial charge < -0.3 is 10.2 Å². The van der Waals surface area contributed by atoms with E-state index in [1.54, 1.807) is 25.1 Å². The van der Waals surface area contributed by atoms with E-state index in [-0.39, 0.29) is 40.4 Å². The van der Waals surface area contributed by atoms with Crippen molar-refractivity contribution < 1.29 is 22.4 Å². The van der Waals surface area contributed by atoms with Crippen LogP contribution in [0.4, 0.5) is 10.1 Å². The second-order valence-corrected chi connectivity index (χ2v) is 12.3. The van der Waals surface area contributed by atoms with Crippen LogP contribution < -0.4 is 9.62 Å². The molecule has 0 fully saturated rings. The number of hydrogen-bond acceptors (Lipinski definition) is 4. The van der Waals surface area contributed by atoms with E-state index in [0.29, 0.717) is 17.1 Å². The summed E-state index contributed by atoms with van der Waals surface area (Å²) in [6.45, 7) is 5.38. The van der Waals surface area contributed by atoms with Crippen molar-refractivity contribution >= 4 is 50.7 Å². The quantitative estimate of drug-likeness (QED) is 0.277. The molecule has 0 aliphatic rings. The topological polar surface area (TPSA) is 86.8 Å². The molecule has 1 atom stereocenters. The first-order valence-corrected chi connectivity index (χ1v) is 15.0. The largest absolute Gasteiger partial charge is 0.354 e. The third kappa shape index (κ3) is 7.96. The van der Waals surface area contributed by atoms with Gasteiger partial charge >= 0.3 is 0 Å². The van der Waals surface area contributed by atoms with Crippen molar-refractivity contribution in [1.29, 1.82) is 0 Å². The van der Waals surface area contributed by atoms with Gasteiger partial charge in [-0.25, -0.2) is 12.8 Å². The summed E-state index contributed by atoms with van der Waals surface area (Å²) in [4.78, 5) is 28.5. The summed E-state index contributed by atoms with van der Waals surface area (Å²) in [6, 6.07) is 16.6. The fourth-order valence-corrected chi connectivity index (χ4v) is 6.06. The van der Waals surface area contributed by atoms with Gasteiger partial charge in [0, 0.05) is 18.1 Å². The number of rotatable bonds is 12. The molecule has 0 unspecified atom stereocenters. The van der Waals surface area contributed by atoms with Crippen LogP contribution in [0, 0.1) is 11.7 Å². The van der Waals surface area contributed by atoms with E-state index in [4.69, 9.17) is 23.2 Å². The van der Waals surface area contributed by atoms with Crippen LogP contribution in [0.3, 0.4) is 0 Å². The lowest BCUT2D eigenvalue weighted by Crippen LogP contribution is -2.52. The molecule has 214 valence electrons. The van der Waals surface area contributed by atoms with Gasteiger partial charge in [0.1, 0.15) is 18.4 Å². The molecule has 2 amide bonds. The molecule has 0 bridgehead atoms. The zero-order valence-electron chi connectivity index (χ0n) is 22.5. The van der Waals surface area contributed by atoms with Crippen molar-refractivity contribution in [3.05, 3.63) is 94.2 Å². The van der Waals surface area contributed by atoms with E-state index in [1.807, 2.05) is 13.8 Å². The molecule has 0 spiro atoms. The van der Waals surface area contributed by atoms with E-state index >= 15 is 0 Å². The monoisotopic (exact) mass is 607 g/mol. The summed E-state index contributed by atoms with van der Waals surface area (Å²) < 4.78 is 42.1. The molecule has 0 aliphatic heterocycles. The van der Waals surface area contributed by atoms with Crippen molar-refractivity contribution in [2.45, 2.75) is 44.7 Å². The summed E-state index contributed by atoms with van der Waals surface area (Å²) in [7, 11) is -4.26. The van der Waals surface area contributed by atoms with Gasteiger partial charge in [-0.1, -0.05) is 74.3 Å². The Balaban J connectivity index is 2.06. The van der Waals surface area contributed by atoms with Crippen LogP contribution in [0.15, 0.2) is 77.7 Å². The maximum Gasteiger partial charge on any atom is 0.264 e. The van der Waals surface area contributed by atoms with Crippen LogP contribution in [0.2, 0.25) is 10.0 Å². The second kappa shape index (κ2) is 14.0. The maximum atomic E-state index is 14.0. The summed E-state index contributed by atoms with van der Waals surface area (Å²) in [5.41, 5.74) is 0.633. The number of halogens is 3. The second-order valence-electron chi connectivity index (χ2n) is 9.63. The van der Waals surface area contributed by atoms with Gasteiger partial charge in [0.15, 0.2) is 0 Å². The molecule has 11 heteroatoms. The molecule has 0 aromatic heterocycles. The van der Waals surface area contributed by atoms with Crippen LogP contribution in [-0.2, 0) is 26.2 Å². The van der Waals surface area contributed by atoms with Gasteiger partial charge in [-0.3, -0.25) is 13.9 Å². The van der Waals surface area contributed by atoms with Gasteiger partial charge in [-0.2, -0.15) is 0 Å². The fourth-order valence-electron chi connectivity index (χ4n) is 4.05. The SMILES string of the molecule is CC[C@H](C(=O)NCC(C)C)N(Cc1ccc(F)cc1)C(=O)CN(c1ccc(Cl)cc1Cl)S(=O)(=O)c1ccccc1. The van der Waals surface area contributed by atoms with Crippen molar-refractivity contribution in [3.63, 3.8) is 0 Å². The molecule has 0 radical (unpaired) electrons. The minimum absolute atomic E-state index is 0.0339. The number of amides is 2. The summed E-state index contributed by atoms with van der Waals surface area (Å²) >= 11 is 12.5. The zero-order chi connectivity index (χ0) is 29.4. The van der Waals surface area contributed by atoms with Crippen molar-refractivity contribution in [1.82, 2.24) is 10.2 Å². The standard InChI is InChI=1S/C29H32Cl2FN3O4S/c1-4-26(29(37)33-17-20(2)3)34(18-21-10-13-23(32)14-11-21)28(36)19-35(27-15-12-22(30)16-25(27)31)40(38,39)24-8-6-5-7-9-24/h5-16,20,26H,4,17-19H2,1-3H3,(H,33,37)/t26-/m1/s1. The molecule has 3 aromatic carbocycles. The number of benzene rings is 3. The molecular weight excluding hydrogens is 576 g/mol. The van der Waals surface area contributed by atoms with Gasteiger partial charge in [-0.05, 0) is 60.4 Å². The molecule has 0 aliphatic carbocycles. The van der Waals surface area contributed by atoms with E-state index in [1.165, 1.54) is 59.5 Å². The first kappa shape index (κ1) is 31.4. The Morgan fingerprint density at radius 1 is 0.975 bits per heavy atom. The summed E-state index contributed by atoms with van der Waals surface area (Å²) in [5, 5.41) is 3.19. The normalized spacial score (nSPS) is 12.2. The van der Waals surface area contributed by atoms with Crippen molar-refractivity contribution in [2.24, 2.45) is 5.92 Å². The Hall–Kier alpha value is -3.14. The Morgan fingerprint density at radius 2 is 1.62 bits per heavy atom. The fraction of sp³-hybridized carbons (Fsp3) is 0.310. The Labute approximate surface area is 244 Å². The number of hydrogen-bond donors (Lipinski definition) is 1. The number of carbonyl (C=O) groups is 2. The number of nitrogens with one attached hydrogen (secondary N) is 1. The van der Waals surface area contributed by atoms with E-state index < -0.39 is 34.3 Å². The number of anilines is 1. The van der Waals surface area contributed by atoms with Gasteiger partial charge in [0.2, 0.25) is 11.8 Å². The van der Waals surface area contributed by atoms with Crippen LogP contribution in [0.5, 0.6) is 0 Å². The van der Waals surface area contributed by atoms with Crippen LogP contribution in [-0.4, -0.2) is 44.3 Å². The molecule has 7 nitrogen and oxygen atoms in total. The first-order chi connectivity index (χ1) is 18.9. The van der Waals surface area contributed by atoms with Crippen molar-refractivity contribution in [3.8, 4) is 0 Å². The lowest BCUT2D eigenvalue weighted by molar-refractivity contribution is -0.140. The lowest BCUT2D eigenvalue weighted by atomic mass is 10.1. The highest BCUT2D eigenvalue weighted by atomic mass is 35.5. The van der Waals surface area contributed by atoms with Gasteiger partial charge in [0.25, 0.3) is 10.0 Å². The maximum absolute atomic E-state index is 14.0. The average Bonchev–Trinajstić information content (AvgIpc) is 2.92.